The summed E-state index contributed by atoms with van der Waals surface area (Å²) in [7, 11) is 0. The highest BCUT2D eigenvalue weighted by Crippen LogP contribution is 2.33. The first-order chi connectivity index (χ1) is 9.69. The number of aliphatic carboxylic acids is 1. The highest BCUT2D eigenvalue weighted by molar-refractivity contribution is 5.77. The number of hydrogen-bond donors (Lipinski definition) is 2. The highest BCUT2D eigenvalue weighted by Gasteiger charge is 2.32. The van der Waals surface area contributed by atoms with Crippen LogP contribution in [0.2, 0.25) is 0 Å². The number of rotatable bonds is 4. The Morgan fingerprint density at radius 2 is 2.20 bits per heavy atom. The monoisotopic (exact) mass is 272 g/mol. The summed E-state index contributed by atoms with van der Waals surface area (Å²) in [4.78, 5) is 18.8. The van der Waals surface area contributed by atoms with Gasteiger partial charge in [0.25, 0.3) is 0 Å². The van der Waals surface area contributed by atoms with Crippen LogP contribution in [0.4, 0.5) is 0 Å². The van der Waals surface area contributed by atoms with E-state index in [0.29, 0.717) is 18.7 Å². The Morgan fingerprint density at radius 1 is 1.45 bits per heavy atom. The maximum absolute atomic E-state index is 11.2. The lowest BCUT2D eigenvalue weighted by molar-refractivity contribution is -0.138. The molecule has 0 amide bonds. The largest absolute Gasteiger partial charge is 0.494 e. The van der Waals surface area contributed by atoms with Crippen LogP contribution in [-0.2, 0) is 11.2 Å². The maximum atomic E-state index is 11.2. The summed E-state index contributed by atoms with van der Waals surface area (Å²) in [6.45, 7) is 2.58. The van der Waals surface area contributed by atoms with Gasteiger partial charge in [-0.3, -0.25) is 4.79 Å². The van der Waals surface area contributed by atoms with E-state index in [0.717, 1.165) is 29.3 Å². The Kier molecular flexibility index (Phi) is 3.18. The fraction of sp³-hybridized carbons (Fsp3) is 0.333. The van der Waals surface area contributed by atoms with Gasteiger partial charge in [-0.05, 0) is 44.0 Å². The van der Waals surface area contributed by atoms with Gasteiger partial charge in [-0.15, -0.1) is 0 Å². The highest BCUT2D eigenvalue weighted by atomic mass is 16.5. The molecule has 5 heteroatoms. The molecule has 0 aliphatic heterocycles. The summed E-state index contributed by atoms with van der Waals surface area (Å²) < 4.78 is 5.40. The van der Waals surface area contributed by atoms with Crippen LogP contribution < -0.4 is 4.74 Å². The average molecular weight is 272 g/mol. The minimum absolute atomic E-state index is 0.474. The van der Waals surface area contributed by atoms with Crippen molar-refractivity contribution < 1.29 is 14.6 Å². The number of aromatic nitrogens is 2. The SMILES string of the molecule is CCOc1ccc(-c2nc3c([nH]2)CCC3C(=O)O)cc1. The number of nitrogens with one attached hydrogen (secondary N) is 1. The minimum atomic E-state index is -0.798. The topological polar surface area (TPSA) is 75.2 Å². The molecule has 2 N–H and O–H groups in total. The van der Waals surface area contributed by atoms with Crippen LogP contribution in [-0.4, -0.2) is 27.7 Å². The number of benzene rings is 1. The molecule has 1 heterocycles. The van der Waals surface area contributed by atoms with Gasteiger partial charge >= 0.3 is 5.97 Å². The standard InChI is InChI=1S/C15H16N2O3/c1-2-20-10-5-3-9(4-6-10)14-16-12-8-7-11(15(18)19)13(12)17-14/h3-6,11H,2,7-8H2,1H3,(H,16,17)(H,18,19). The third-order valence-corrected chi connectivity index (χ3v) is 3.56. The summed E-state index contributed by atoms with van der Waals surface area (Å²) in [5.41, 5.74) is 2.56. The van der Waals surface area contributed by atoms with E-state index in [1.807, 2.05) is 31.2 Å². The summed E-state index contributed by atoms with van der Waals surface area (Å²) in [6, 6.07) is 7.63. The molecule has 3 rings (SSSR count). The first-order valence-electron chi connectivity index (χ1n) is 6.74. The van der Waals surface area contributed by atoms with Crippen LogP contribution in [0.25, 0.3) is 11.4 Å². The molecule has 1 aromatic heterocycles. The fourth-order valence-corrected chi connectivity index (χ4v) is 2.58. The summed E-state index contributed by atoms with van der Waals surface area (Å²) in [5, 5.41) is 9.16. The first-order valence-corrected chi connectivity index (χ1v) is 6.74. The average Bonchev–Trinajstić information content (AvgIpc) is 2.99. The Balaban J connectivity index is 1.89. The Morgan fingerprint density at radius 3 is 2.85 bits per heavy atom. The number of imidazole rings is 1. The van der Waals surface area contributed by atoms with Crippen LogP contribution in [0.5, 0.6) is 5.75 Å². The normalized spacial score (nSPS) is 16.9. The molecule has 1 unspecified atom stereocenters. The quantitative estimate of drug-likeness (QED) is 0.897. The molecular formula is C15H16N2O3. The van der Waals surface area contributed by atoms with Gasteiger partial charge in [0.1, 0.15) is 17.5 Å². The number of aromatic amines is 1. The van der Waals surface area contributed by atoms with Crippen molar-refractivity contribution in [1.29, 1.82) is 0 Å². The zero-order valence-corrected chi connectivity index (χ0v) is 11.2. The van der Waals surface area contributed by atoms with Crippen molar-refractivity contribution in [1.82, 2.24) is 9.97 Å². The second-order valence-corrected chi connectivity index (χ2v) is 4.84. The van der Waals surface area contributed by atoms with Crippen molar-refractivity contribution in [3.8, 4) is 17.1 Å². The zero-order valence-electron chi connectivity index (χ0n) is 11.2. The lowest BCUT2D eigenvalue weighted by atomic mass is 10.1. The molecular weight excluding hydrogens is 256 g/mol. The van der Waals surface area contributed by atoms with Gasteiger partial charge in [-0.2, -0.15) is 0 Å². The van der Waals surface area contributed by atoms with Crippen molar-refractivity contribution in [3.05, 3.63) is 35.7 Å². The molecule has 0 bridgehead atoms. The molecule has 104 valence electrons. The molecule has 1 aliphatic carbocycles. The Hall–Kier alpha value is -2.30. The third kappa shape index (κ3) is 2.15. The third-order valence-electron chi connectivity index (χ3n) is 3.56. The number of fused-ring (bicyclic) bond motifs is 1. The Bertz CT molecular complexity index is 631. The number of ether oxygens (including phenoxy) is 1. The second-order valence-electron chi connectivity index (χ2n) is 4.84. The van der Waals surface area contributed by atoms with E-state index in [-0.39, 0.29) is 0 Å². The number of H-pyrrole nitrogens is 1. The maximum Gasteiger partial charge on any atom is 0.312 e. The second kappa shape index (κ2) is 5.00. The predicted molar refractivity (Wildman–Crippen MR) is 73.9 cm³/mol. The van der Waals surface area contributed by atoms with Crippen LogP contribution in [0, 0.1) is 0 Å². The number of carboxylic acids is 1. The first kappa shape index (κ1) is 12.7. The molecule has 0 fully saturated rings. The van der Waals surface area contributed by atoms with E-state index < -0.39 is 11.9 Å². The smallest absolute Gasteiger partial charge is 0.312 e. The molecule has 0 saturated carbocycles. The molecule has 1 atom stereocenters. The molecule has 1 aromatic carbocycles. The lowest BCUT2D eigenvalue weighted by Gasteiger charge is -2.04. The molecule has 0 radical (unpaired) electrons. The van der Waals surface area contributed by atoms with Gasteiger partial charge in [0, 0.05) is 11.3 Å². The zero-order chi connectivity index (χ0) is 14.1. The van der Waals surface area contributed by atoms with E-state index in [9.17, 15) is 4.79 Å². The Labute approximate surface area is 116 Å². The van der Waals surface area contributed by atoms with E-state index in [4.69, 9.17) is 9.84 Å². The van der Waals surface area contributed by atoms with Crippen molar-refractivity contribution in [3.63, 3.8) is 0 Å². The summed E-state index contributed by atoms with van der Waals surface area (Å²) in [6.07, 6.45) is 1.38. The van der Waals surface area contributed by atoms with Gasteiger partial charge in [0.2, 0.25) is 0 Å². The van der Waals surface area contributed by atoms with Crippen LogP contribution >= 0.6 is 0 Å². The van der Waals surface area contributed by atoms with Crippen molar-refractivity contribution in [2.45, 2.75) is 25.7 Å². The van der Waals surface area contributed by atoms with E-state index in [2.05, 4.69) is 9.97 Å². The number of carboxylic acid groups (broad SMARTS) is 1. The molecule has 20 heavy (non-hydrogen) atoms. The molecule has 5 nitrogen and oxygen atoms in total. The van der Waals surface area contributed by atoms with Crippen LogP contribution in [0.3, 0.4) is 0 Å². The van der Waals surface area contributed by atoms with E-state index >= 15 is 0 Å². The van der Waals surface area contributed by atoms with Gasteiger partial charge in [0.15, 0.2) is 0 Å². The minimum Gasteiger partial charge on any atom is -0.494 e. The van der Waals surface area contributed by atoms with E-state index in [1.165, 1.54) is 0 Å². The molecule has 0 saturated heterocycles. The lowest BCUT2D eigenvalue weighted by Crippen LogP contribution is -2.08. The molecule has 2 aromatic rings. The molecule has 1 aliphatic rings. The fourth-order valence-electron chi connectivity index (χ4n) is 2.58. The molecule has 0 spiro atoms. The number of nitrogens with zero attached hydrogens (tertiary/aromatic N) is 1. The van der Waals surface area contributed by atoms with Gasteiger partial charge in [-0.25, -0.2) is 4.98 Å². The van der Waals surface area contributed by atoms with Crippen LogP contribution in [0.1, 0.15) is 30.7 Å². The van der Waals surface area contributed by atoms with Crippen LogP contribution in [0.15, 0.2) is 24.3 Å². The number of carbonyl (C=O) groups is 1. The van der Waals surface area contributed by atoms with Crippen molar-refractivity contribution in [2.24, 2.45) is 0 Å². The summed E-state index contributed by atoms with van der Waals surface area (Å²) >= 11 is 0. The van der Waals surface area contributed by atoms with Gasteiger partial charge < -0.3 is 14.8 Å². The predicted octanol–water partition coefficient (Wildman–Crippen LogP) is 2.59. The summed E-state index contributed by atoms with van der Waals surface area (Å²) in [5.74, 6) is 0.272. The number of aryl methyl sites for hydroxylation is 1. The van der Waals surface area contributed by atoms with Crippen molar-refractivity contribution >= 4 is 5.97 Å². The van der Waals surface area contributed by atoms with Crippen molar-refractivity contribution in [2.75, 3.05) is 6.61 Å². The van der Waals surface area contributed by atoms with Gasteiger partial charge in [-0.1, -0.05) is 0 Å². The van der Waals surface area contributed by atoms with Gasteiger partial charge in [0.05, 0.1) is 12.3 Å². The number of hydrogen-bond acceptors (Lipinski definition) is 3. The van der Waals surface area contributed by atoms with E-state index in [1.54, 1.807) is 0 Å².